The predicted molar refractivity (Wildman–Crippen MR) is 103 cm³/mol. The van der Waals surface area contributed by atoms with E-state index in [-0.39, 0.29) is 5.82 Å². The molecule has 1 aromatic heterocycles. The third-order valence-corrected chi connectivity index (χ3v) is 3.91. The van der Waals surface area contributed by atoms with Gasteiger partial charge in [-0.25, -0.2) is 14.2 Å². The molecule has 0 bridgehead atoms. The summed E-state index contributed by atoms with van der Waals surface area (Å²) in [7, 11) is 0. The van der Waals surface area contributed by atoms with Gasteiger partial charge in [-0.05, 0) is 47.5 Å². The summed E-state index contributed by atoms with van der Waals surface area (Å²) in [5, 5.41) is 8.98. The molecule has 3 rings (SSSR count). The molecule has 0 aliphatic carbocycles. The van der Waals surface area contributed by atoms with Crippen LogP contribution in [0.4, 0.5) is 4.39 Å². The number of aliphatic carboxylic acids is 1. The largest absolute Gasteiger partial charge is 0.487 e. The van der Waals surface area contributed by atoms with Gasteiger partial charge in [0, 0.05) is 12.1 Å². The maximum atomic E-state index is 12.9. The minimum atomic E-state index is -1.04. The van der Waals surface area contributed by atoms with E-state index in [1.54, 1.807) is 42.5 Å². The number of carbonyl (C=O) groups is 1. The maximum Gasteiger partial charge on any atom is 0.328 e. The van der Waals surface area contributed by atoms with E-state index in [0.29, 0.717) is 34.6 Å². The third kappa shape index (κ3) is 5.56. The van der Waals surface area contributed by atoms with Crippen molar-refractivity contribution in [3.8, 4) is 17.4 Å². The number of nitrogens with zero attached hydrogens (tertiary/aromatic N) is 1. The van der Waals surface area contributed by atoms with E-state index in [4.69, 9.17) is 26.2 Å². The van der Waals surface area contributed by atoms with E-state index in [0.717, 1.165) is 11.6 Å². The summed E-state index contributed by atoms with van der Waals surface area (Å²) in [4.78, 5) is 14.7. The zero-order valence-corrected chi connectivity index (χ0v) is 15.3. The Balaban J connectivity index is 1.60. The van der Waals surface area contributed by atoms with Crippen molar-refractivity contribution in [2.45, 2.75) is 6.61 Å². The molecule has 142 valence electrons. The van der Waals surface area contributed by atoms with Crippen molar-refractivity contribution in [3.05, 3.63) is 88.8 Å². The number of aromatic nitrogens is 1. The molecule has 0 saturated carbocycles. The molecule has 0 unspecified atom stereocenters. The van der Waals surface area contributed by atoms with Crippen LogP contribution in [-0.4, -0.2) is 16.1 Å². The number of rotatable bonds is 7. The van der Waals surface area contributed by atoms with Gasteiger partial charge in [0.25, 0.3) is 0 Å². The number of ether oxygens (including phenoxy) is 2. The Bertz CT molecular complexity index is 988. The molecule has 0 aliphatic heterocycles. The van der Waals surface area contributed by atoms with Crippen LogP contribution >= 0.6 is 11.6 Å². The summed E-state index contributed by atoms with van der Waals surface area (Å²) < 4.78 is 24.1. The van der Waals surface area contributed by atoms with E-state index in [9.17, 15) is 9.18 Å². The van der Waals surface area contributed by atoms with Crippen LogP contribution in [0.5, 0.6) is 17.4 Å². The lowest BCUT2D eigenvalue weighted by molar-refractivity contribution is -0.131. The molecule has 2 aromatic carbocycles. The van der Waals surface area contributed by atoms with Crippen LogP contribution in [0, 0.1) is 5.82 Å². The number of hydrogen-bond acceptors (Lipinski definition) is 4. The van der Waals surface area contributed by atoms with Crippen molar-refractivity contribution in [2.24, 2.45) is 0 Å². The number of benzene rings is 2. The van der Waals surface area contributed by atoms with Gasteiger partial charge in [0.05, 0.1) is 11.2 Å². The topological polar surface area (TPSA) is 68.7 Å². The first kappa shape index (κ1) is 19.4. The number of hydrogen-bond donors (Lipinski definition) is 1. The Morgan fingerprint density at radius 1 is 1.14 bits per heavy atom. The Kier molecular flexibility index (Phi) is 6.24. The van der Waals surface area contributed by atoms with Gasteiger partial charge in [0.15, 0.2) is 0 Å². The van der Waals surface area contributed by atoms with Crippen molar-refractivity contribution < 1.29 is 23.8 Å². The van der Waals surface area contributed by atoms with E-state index >= 15 is 0 Å². The van der Waals surface area contributed by atoms with Crippen molar-refractivity contribution in [1.29, 1.82) is 0 Å². The molecule has 1 N–H and O–H groups in total. The van der Waals surface area contributed by atoms with Crippen LogP contribution < -0.4 is 9.47 Å². The summed E-state index contributed by atoms with van der Waals surface area (Å²) in [5.41, 5.74) is 1.47. The second-order valence-corrected chi connectivity index (χ2v) is 6.12. The first-order valence-corrected chi connectivity index (χ1v) is 8.59. The molecular formula is C21H15ClFNO4. The number of carboxylic acid groups (broad SMARTS) is 1. The second kappa shape index (κ2) is 9.01. The van der Waals surface area contributed by atoms with Crippen molar-refractivity contribution in [1.82, 2.24) is 4.98 Å². The first-order valence-electron chi connectivity index (χ1n) is 8.21. The quantitative estimate of drug-likeness (QED) is 0.543. The Morgan fingerprint density at radius 3 is 2.57 bits per heavy atom. The highest BCUT2D eigenvalue weighted by atomic mass is 35.5. The minimum Gasteiger partial charge on any atom is -0.487 e. The normalized spacial score (nSPS) is 10.8. The molecular weight excluding hydrogens is 385 g/mol. The highest BCUT2D eigenvalue weighted by Gasteiger charge is 2.06. The Hall–Kier alpha value is -3.38. The smallest absolute Gasteiger partial charge is 0.328 e. The van der Waals surface area contributed by atoms with Gasteiger partial charge in [-0.2, -0.15) is 0 Å². The molecule has 3 aromatic rings. The first-order chi connectivity index (χ1) is 13.5. The molecule has 7 heteroatoms. The highest BCUT2D eigenvalue weighted by Crippen LogP contribution is 2.30. The summed E-state index contributed by atoms with van der Waals surface area (Å²) >= 11 is 6.17. The lowest BCUT2D eigenvalue weighted by Gasteiger charge is -2.09. The molecule has 5 nitrogen and oxygen atoms in total. The molecule has 0 spiro atoms. The van der Waals surface area contributed by atoms with Gasteiger partial charge >= 0.3 is 5.97 Å². The van der Waals surface area contributed by atoms with Crippen LogP contribution in [0.15, 0.2) is 66.9 Å². The van der Waals surface area contributed by atoms with Crippen LogP contribution in [0.25, 0.3) is 6.08 Å². The molecule has 0 fully saturated rings. The second-order valence-electron chi connectivity index (χ2n) is 5.71. The van der Waals surface area contributed by atoms with Gasteiger partial charge in [-0.15, -0.1) is 0 Å². The summed E-state index contributed by atoms with van der Waals surface area (Å²) in [6, 6.07) is 14.3. The minimum absolute atomic E-state index is 0.291. The average molecular weight is 400 g/mol. The molecule has 28 heavy (non-hydrogen) atoms. The monoisotopic (exact) mass is 399 g/mol. The molecule has 1 heterocycles. The number of pyridine rings is 1. The van der Waals surface area contributed by atoms with Gasteiger partial charge in [0.2, 0.25) is 5.88 Å². The van der Waals surface area contributed by atoms with E-state index in [1.165, 1.54) is 24.4 Å². The highest BCUT2D eigenvalue weighted by molar-refractivity contribution is 6.32. The number of halogens is 2. The fourth-order valence-electron chi connectivity index (χ4n) is 2.24. The number of carboxylic acids is 1. The Labute approximate surface area is 165 Å². The van der Waals surface area contributed by atoms with E-state index in [2.05, 4.69) is 4.98 Å². The Morgan fingerprint density at radius 2 is 1.93 bits per heavy atom. The summed E-state index contributed by atoms with van der Waals surface area (Å²) in [6.45, 7) is 0.291. The van der Waals surface area contributed by atoms with Gasteiger partial charge in [-0.1, -0.05) is 29.8 Å². The average Bonchev–Trinajstić information content (AvgIpc) is 2.69. The lowest BCUT2D eigenvalue weighted by atomic mass is 10.2. The third-order valence-electron chi connectivity index (χ3n) is 3.62. The van der Waals surface area contributed by atoms with Crippen LogP contribution in [-0.2, 0) is 11.4 Å². The maximum absolute atomic E-state index is 12.9. The van der Waals surface area contributed by atoms with Crippen molar-refractivity contribution in [3.63, 3.8) is 0 Å². The zero-order chi connectivity index (χ0) is 19.9. The predicted octanol–water partition coefficient (Wildman–Crippen LogP) is 5.34. The van der Waals surface area contributed by atoms with Crippen LogP contribution in [0.3, 0.4) is 0 Å². The molecule has 0 amide bonds. The zero-order valence-electron chi connectivity index (χ0n) is 14.5. The fourth-order valence-corrected chi connectivity index (χ4v) is 2.47. The molecule has 0 saturated heterocycles. The van der Waals surface area contributed by atoms with Gasteiger partial charge in [-0.3, -0.25) is 0 Å². The van der Waals surface area contributed by atoms with E-state index < -0.39 is 5.97 Å². The van der Waals surface area contributed by atoms with Crippen molar-refractivity contribution >= 4 is 23.6 Å². The summed E-state index contributed by atoms with van der Waals surface area (Å²) in [6.07, 6.45) is 3.97. The standard InChI is InChI=1S/C21H15ClFNO4/c22-18-11-14(4-10-21(25)26)3-8-19(18)28-20-9-7-17(12-24-20)27-13-15-1-5-16(23)6-2-15/h1-12H,13H2,(H,25,26). The van der Waals surface area contributed by atoms with Crippen LogP contribution in [0.2, 0.25) is 5.02 Å². The van der Waals surface area contributed by atoms with E-state index in [1.807, 2.05) is 0 Å². The molecule has 0 atom stereocenters. The molecule has 0 aliphatic rings. The van der Waals surface area contributed by atoms with Crippen molar-refractivity contribution in [2.75, 3.05) is 0 Å². The van der Waals surface area contributed by atoms with Gasteiger partial charge < -0.3 is 14.6 Å². The molecule has 0 radical (unpaired) electrons. The van der Waals surface area contributed by atoms with Crippen LogP contribution in [0.1, 0.15) is 11.1 Å². The lowest BCUT2D eigenvalue weighted by Crippen LogP contribution is -1.96. The van der Waals surface area contributed by atoms with Gasteiger partial charge in [0.1, 0.15) is 23.9 Å². The fraction of sp³-hybridized carbons (Fsp3) is 0.0476. The SMILES string of the molecule is O=C(O)C=Cc1ccc(Oc2ccc(OCc3ccc(F)cc3)cn2)c(Cl)c1. The summed E-state index contributed by atoms with van der Waals surface area (Å²) in [5.74, 6) is -0.0812.